The van der Waals surface area contributed by atoms with Crippen molar-refractivity contribution >= 4 is 11.9 Å². The molecule has 0 heterocycles. The molecule has 2 bridgehead atoms. The predicted molar refractivity (Wildman–Crippen MR) is 72.5 cm³/mol. The number of carbonyl (C=O) groups excluding carboxylic acids is 1. The molecule has 0 aromatic rings. The van der Waals surface area contributed by atoms with E-state index >= 15 is 0 Å². The number of aliphatic carboxylic acids is 1. The third-order valence-electron chi connectivity index (χ3n) is 4.33. The summed E-state index contributed by atoms with van der Waals surface area (Å²) in [7, 11) is 0. The molecule has 0 unspecified atom stereocenters. The Morgan fingerprint density at radius 1 is 1.11 bits per heavy atom. The zero-order valence-electron chi connectivity index (χ0n) is 11.7. The molecule has 1 amide bonds. The van der Waals surface area contributed by atoms with Gasteiger partial charge in [-0.1, -0.05) is 26.0 Å². The van der Waals surface area contributed by atoms with Gasteiger partial charge in [0, 0.05) is 13.1 Å². The largest absolute Gasteiger partial charge is 0.481 e. The van der Waals surface area contributed by atoms with Gasteiger partial charge in [0.05, 0.1) is 11.8 Å². The lowest BCUT2D eigenvalue weighted by molar-refractivity contribution is -0.151. The van der Waals surface area contributed by atoms with E-state index in [1.165, 1.54) is 0 Å². The van der Waals surface area contributed by atoms with Crippen LogP contribution in [0.15, 0.2) is 12.2 Å². The topological polar surface area (TPSA) is 57.6 Å². The predicted octanol–water partition coefficient (Wildman–Crippen LogP) is 2.16. The molecule has 0 spiro atoms. The fraction of sp³-hybridized carbons (Fsp3) is 0.733. The summed E-state index contributed by atoms with van der Waals surface area (Å²) in [6.45, 7) is 5.56. The van der Waals surface area contributed by atoms with Gasteiger partial charge in [0.1, 0.15) is 0 Å². The number of hydrogen-bond acceptors (Lipinski definition) is 2. The smallest absolute Gasteiger partial charge is 0.307 e. The summed E-state index contributed by atoms with van der Waals surface area (Å²) in [6.07, 6.45) is 6.69. The summed E-state index contributed by atoms with van der Waals surface area (Å²) in [6, 6.07) is 0. The van der Waals surface area contributed by atoms with Crippen molar-refractivity contribution in [2.45, 2.75) is 33.1 Å². The maximum atomic E-state index is 12.7. The molecule has 0 aliphatic heterocycles. The van der Waals surface area contributed by atoms with Gasteiger partial charge in [0.25, 0.3) is 0 Å². The molecular formula is C15H23NO3. The highest BCUT2D eigenvalue weighted by Crippen LogP contribution is 2.48. The van der Waals surface area contributed by atoms with Gasteiger partial charge in [0.2, 0.25) is 5.91 Å². The van der Waals surface area contributed by atoms with E-state index in [0.717, 1.165) is 32.4 Å². The minimum Gasteiger partial charge on any atom is -0.481 e. The standard InChI is InChI=1S/C15H23NO3/c1-3-7-16(8-4-2)14(17)12-10-5-6-11(9-10)13(12)15(18)19/h5-6,10-13H,3-4,7-9H2,1-2H3,(H,18,19)/t10-,11-,12-,13+/m0/s1. The van der Waals surface area contributed by atoms with Gasteiger partial charge in [-0.3, -0.25) is 9.59 Å². The Bertz CT molecular complexity index is 385. The van der Waals surface area contributed by atoms with Gasteiger partial charge in [-0.15, -0.1) is 0 Å². The van der Waals surface area contributed by atoms with Gasteiger partial charge < -0.3 is 10.0 Å². The maximum Gasteiger partial charge on any atom is 0.307 e. The molecule has 1 saturated carbocycles. The van der Waals surface area contributed by atoms with Gasteiger partial charge in [-0.2, -0.15) is 0 Å². The van der Waals surface area contributed by atoms with E-state index in [1.54, 1.807) is 0 Å². The van der Waals surface area contributed by atoms with E-state index < -0.39 is 11.9 Å². The van der Waals surface area contributed by atoms with Crippen LogP contribution in [0.5, 0.6) is 0 Å². The lowest BCUT2D eigenvalue weighted by Gasteiger charge is -2.30. The molecule has 2 aliphatic rings. The molecule has 0 aromatic carbocycles. The van der Waals surface area contributed by atoms with Gasteiger partial charge in [-0.05, 0) is 31.1 Å². The van der Waals surface area contributed by atoms with E-state index in [1.807, 2.05) is 30.9 Å². The first-order valence-corrected chi connectivity index (χ1v) is 7.30. The van der Waals surface area contributed by atoms with Crippen LogP contribution in [-0.2, 0) is 9.59 Å². The molecule has 19 heavy (non-hydrogen) atoms. The van der Waals surface area contributed by atoms with Crippen molar-refractivity contribution in [1.82, 2.24) is 4.90 Å². The third-order valence-corrected chi connectivity index (χ3v) is 4.33. The van der Waals surface area contributed by atoms with Gasteiger partial charge >= 0.3 is 5.97 Å². The summed E-state index contributed by atoms with van der Waals surface area (Å²) in [5.41, 5.74) is 0. The second kappa shape index (κ2) is 5.76. The number of carboxylic acid groups (broad SMARTS) is 1. The van der Waals surface area contributed by atoms with Crippen molar-refractivity contribution in [2.75, 3.05) is 13.1 Å². The Hall–Kier alpha value is -1.32. The molecule has 4 heteroatoms. The van der Waals surface area contributed by atoms with Crippen LogP contribution in [0, 0.1) is 23.7 Å². The fourth-order valence-electron chi connectivity index (χ4n) is 3.58. The zero-order valence-corrected chi connectivity index (χ0v) is 11.7. The number of carboxylic acids is 1. The Labute approximate surface area is 114 Å². The zero-order chi connectivity index (χ0) is 14.0. The second-order valence-electron chi connectivity index (χ2n) is 5.66. The van der Waals surface area contributed by atoms with Crippen LogP contribution in [0.3, 0.4) is 0 Å². The van der Waals surface area contributed by atoms with Crippen LogP contribution < -0.4 is 0 Å². The second-order valence-corrected chi connectivity index (χ2v) is 5.66. The Kier molecular flexibility index (Phi) is 4.27. The van der Waals surface area contributed by atoms with Crippen molar-refractivity contribution in [3.8, 4) is 0 Å². The Morgan fingerprint density at radius 3 is 2.11 bits per heavy atom. The van der Waals surface area contributed by atoms with Crippen molar-refractivity contribution < 1.29 is 14.7 Å². The van der Waals surface area contributed by atoms with Crippen LogP contribution in [-0.4, -0.2) is 35.0 Å². The van der Waals surface area contributed by atoms with Crippen molar-refractivity contribution in [2.24, 2.45) is 23.7 Å². The highest BCUT2D eigenvalue weighted by atomic mass is 16.4. The molecule has 0 aromatic heterocycles. The molecule has 4 atom stereocenters. The number of amides is 1. The van der Waals surface area contributed by atoms with Crippen molar-refractivity contribution in [3.05, 3.63) is 12.2 Å². The summed E-state index contributed by atoms with van der Waals surface area (Å²) in [5.74, 6) is -1.43. The minimum atomic E-state index is -0.817. The molecule has 0 radical (unpaired) electrons. The molecule has 2 aliphatic carbocycles. The van der Waals surface area contributed by atoms with E-state index in [-0.39, 0.29) is 23.7 Å². The number of fused-ring (bicyclic) bond motifs is 2. The van der Waals surface area contributed by atoms with Gasteiger partial charge in [-0.25, -0.2) is 0 Å². The molecule has 2 rings (SSSR count). The summed E-state index contributed by atoms with van der Waals surface area (Å²) in [5, 5.41) is 9.39. The van der Waals surface area contributed by atoms with Crippen LogP contribution >= 0.6 is 0 Å². The first-order chi connectivity index (χ1) is 9.10. The molecule has 106 valence electrons. The quantitative estimate of drug-likeness (QED) is 0.749. The first-order valence-electron chi connectivity index (χ1n) is 7.30. The number of rotatable bonds is 6. The number of carbonyl (C=O) groups is 2. The van der Waals surface area contributed by atoms with Crippen molar-refractivity contribution in [3.63, 3.8) is 0 Å². The molecule has 1 N–H and O–H groups in total. The lowest BCUT2D eigenvalue weighted by Crippen LogP contribution is -2.43. The number of nitrogens with zero attached hydrogens (tertiary/aromatic N) is 1. The normalized spacial score (nSPS) is 31.7. The summed E-state index contributed by atoms with van der Waals surface area (Å²) >= 11 is 0. The van der Waals surface area contributed by atoms with Crippen LogP contribution in [0.25, 0.3) is 0 Å². The molecular weight excluding hydrogens is 242 g/mol. The average Bonchev–Trinajstić information content (AvgIpc) is 2.97. The average molecular weight is 265 g/mol. The monoisotopic (exact) mass is 265 g/mol. The molecule has 0 saturated heterocycles. The van der Waals surface area contributed by atoms with E-state index in [2.05, 4.69) is 0 Å². The van der Waals surface area contributed by atoms with Crippen molar-refractivity contribution in [1.29, 1.82) is 0 Å². The summed E-state index contributed by atoms with van der Waals surface area (Å²) in [4.78, 5) is 26.0. The molecule has 4 nitrogen and oxygen atoms in total. The summed E-state index contributed by atoms with van der Waals surface area (Å²) < 4.78 is 0. The van der Waals surface area contributed by atoms with Gasteiger partial charge in [0.15, 0.2) is 0 Å². The van der Waals surface area contributed by atoms with E-state index in [9.17, 15) is 14.7 Å². The van der Waals surface area contributed by atoms with Crippen LogP contribution in [0.2, 0.25) is 0 Å². The maximum absolute atomic E-state index is 12.7. The molecule has 1 fully saturated rings. The van der Waals surface area contributed by atoms with Crippen LogP contribution in [0.1, 0.15) is 33.1 Å². The third kappa shape index (κ3) is 2.53. The fourth-order valence-corrected chi connectivity index (χ4v) is 3.58. The number of hydrogen-bond donors (Lipinski definition) is 1. The highest BCUT2D eigenvalue weighted by Gasteiger charge is 2.52. The first kappa shape index (κ1) is 14.1. The SMILES string of the molecule is CCCN(CCC)C(=O)[C@@H]1[C@H](C(=O)O)[C@H]2C=C[C@H]1C2. The van der Waals surface area contributed by atoms with Crippen LogP contribution in [0.4, 0.5) is 0 Å². The van der Waals surface area contributed by atoms with E-state index in [0.29, 0.717) is 0 Å². The Balaban J connectivity index is 2.16. The number of allylic oxidation sites excluding steroid dienone is 2. The van der Waals surface area contributed by atoms with E-state index in [4.69, 9.17) is 0 Å². The minimum absolute atomic E-state index is 0.0490. The highest BCUT2D eigenvalue weighted by molar-refractivity contribution is 5.87. The Morgan fingerprint density at radius 2 is 1.63 bits per heavy atom. The lowest BCUT2D eigenvalue weighted by atomic mass is 9.82.